The molecule has 0 spiro atoms. The van der Waals surface area contributed by atoms with Gasteiger partial charge < -0.3 is 0 Å². The molecule has 14 rings (SSSR count). The Hall–Kier alpha value is -8.58. The summed E-state index contributed by atoms with van der Waals surface area (Å²) in [6, 6.07) is 90.4. The molecule has 0 saturated heterocycles. The Morgan fingerprint density at radius 3 is 1.12 bits per heavy atom. The molecule has 0 radical (unpaired) electrons. The number of hydrogen-bond acceptors (Lipinski definition) is 0. The van der Waals surface area contributed by atoms with Crippen molar-refractivity contribution in [1.29, 1.82) is 0 Å². The predicted octanol–water partition coefficient (Wildman–Crippen LogP) is 18.6. The fourth-order valence-electron chi connectivity index (χ4n) is 11.7. The quantitative estimate of drug-likeness (QED) is 0.146. The summed E-state index contributed by atoms with van der Waals surface area (Å²) in [5.74, 6) is 0. The second-order valence-electron chi connectivity index (χ2n) is 17.7. The first-order valence-electron chi connectivity index (χ1n) is 23.0. The van der Waals surface area contributed by atoms with E-state index in [0.29, 0.717) is 0 Å². The van der Waals surface area contributed by atoms with Crippen LogP contribution in [-0.2, 0) is 0 Å². The highest BCUT2D eigenvalue weighted by Gasteiger charge is 2.29. The molecule has 0 amide bonds. The second-order valence-corrected chi connectivity index (χ2v) is 17.7. The summed E-state index contributed by atoms with van der Waals surface area (Å²) in [5.41, 5.74) is 14.9. The third-order valence-corrected chi connectivity index (χ3v) is 14.4. The van der Waals surface area contributed by atoms with Gasteiger partial charge in [0.1, 0.15) is 0 Å². The molecule has 66 heavy (non-hydrogen) atoms. The van der Waals surface area contributed by atoms with E-state index in [-0.39, 0.29) is 0 Å². The van der Waals surface area contributed by atoms with Crippen molar-refractivity contribution in [2.75, 3.05) is 0 Å². The first kappa shape index (κ1) is 36.9. The van der Waals surface area contributed by atoms with E-state index in [9.17, 15) is 0 Å². The first-order valence-corrected chi connectivity index (χ1v) is 23.0. The fourth-order valence-corrected chi connectivity index (χ4v) is 11.7. The van der Waals surface area contributed by atoms with Crippen LogP contribution in [0.25, 0.3) is 142 Å². The first-order chi connectivity index (χ1) is 32.8. The van der Waals surface area contributed by atoms with Crippen molar-refractivity contribution in [3.8, 4) is 66.8 Å². The van der Waals surface area contributed by atoms with E-state index in [1.165, 1.54) is 142 Å². The van der Waals surface area contributed by atoms with E-state index < -0.39 is 0 Å². The molecule has 0 fully saturated rings. The Labute approximate surface area is 383 Å². The largest absolute Gasteiger partial charge is 0.0622 e. The third-order valence-electron chi connectivity index (χ3n) is 14.4. The molecule has 0 bridgehead atoms. The van der Waals surface area contributed by atoms with Crippen molar-refractivity contribution in [2.45, 2.75) is 0 Å². The molecule has 0 heterocycles. The number of fused-ring (bicyclic) bond motifs is 8. The lowest BCUT2D eigenvalue weighted by molar-refractivity contribution is 1.60. The molecule has 14 aromatic carbocycles. The summed E-state index contributed by atoms with van der Waals surface area (Å²) >= 11 is 0. The molecular formula is C66H40. The smallest absolute Gasteiger partial charge is 0.000696 e. The average Bonchev–Trinajstić information content (AvgIpc) is 3.90. The minimum absolute atomic E-state index is 1.21. The lowest BCUT2D eigenvalue weighted by Gasteiger charge is -2.22. The second kappa shape index (κ2) is 14.5. The van der Waals surface area contributed by atoms with Crippen molar-refractivity contribution in [3.63, 3.8) is 0 Å². The van der Waals surface area contributed by atoms with Crippen LogP contribution in [0.5, 0.6) is 0 Å². The molecule has 0 aliphatic rings. The molecular weight excluding hydrogens is 793 g/mol. The Morgan fingerprint density at radius 1 is 0.152 bits per heavy atom. The van der Waals surface area contributed by atoms with Gasteiger partial charge in [-0.25, -0.2) is 0 Å². The number of rotatable bonds is 6. The number of benzene rings is 12. The van der Waals surface area contributed by atoms with Gasteiger partial charge in [-0.3, -0.25) is 0 Å². The summed E-state index contributed by atoms with van der Waals surface area (Å²) in [6.07, 6.45) is 0. The zero-order valence-corrected chi connectivity index (χ0v) is 36.1. The van der Waals surface area contributed by atoms with Gasteiger partial charge in [0.25, 0.3) is 0 Å². The Bertz CT molecular complexity index is 4180. The van der Waals surface area contributed by atoms with Gasteiger partial charge in [0.05, 0.1) is 0 Å². The predicted molar refractivity (Wildman–Crippen MR) is 284 cm³/mol. The molecule has 0 nitrogen and oxygen atoms in total. The molecule has 0 unspecified atom stereocenters. The molecule has 0 heteroatoms. The van der Waals surface area contributed by atoms with Gasteiger partial charge in [-0.05, 0) is 148 Å². The molecule has 304 valence electrons. The minimum atomic E-state index is 1.21. The highest BCUT2D eigenvalue weighted by atomic mass is 14.3. The lowest BCUT2D eigenvalue weighted by atomic mass is 9.81. The highest BCUT2D eigenvalue weighted by Crippen LogP contribution is 2.57. The maximum Gasteiger partial charge on any atom is -0.000696 e. The van der Waals surface area contributed by atoms with Gasteiger partial charge in [-0.1, -0.05) is 237 Å². The van der Waals surface area contributed by atoms with Crippen molar-refractivity contribution in [2.24, 2.45) is 0 Å². The summed E-state index contributed by atoms with van der Waals surface area (Å²) in [7, 11) is 0. The van der Waals surface area contributed by atoms with E-state index in [1.54, 1.807) is 0 Å². The summed E-state index contributed by atoms with van der Waals surface area (Å²) in [4.78, 5) is 0. The van der Waals surface area contributed by atoms with Gasteiger partial charge in [0.15, 0.2) is 0 Å². The van der Waals surface area contributed by atoms with Crippen LogP contribution in [0, 0.1) is 0 Å². The van der Waals surface area contributed by atoms with E-state index in [0.717, 1.165) is 0 Å². The Kier molecular flexibility index (Phi) is 8.08. The molecule has 0 atom stereocenters. The topological polar surface area (TPSA) is 0 Å². The molecule has 0 aromatic heterocycles. The molecule has 0 aliphatic carbocycles. The SMILES string of the molecule is c1ccc(-c2ccccc2-c2ccc3c4c(-c5ccccc5-c5ccccc5)c5c(cc6c7ccccc7c7cccc5c76)c(-c5ccccc5-c5ccccc5)c4c4cccc2c43)cc1. The monoisotopic (exact) mass is 832 g/mol. The van der Waals surface area contributed by atoms with E-state index >= 15 is 0 Å². The van der Waals surface area contributed by atoms with Gasteiger partial charge in [0, 0.05) is 0 Å². The van der Waals surface area contributed by atoms with Gasteiger partial charge >= 0.3 is 0 Å². The summed E-state index contributed by atoms with van der Waals surface area (Å²) in [5, 5.41) is 18.1. The van der Waals surface area contributed by atoms with Gasteiger partial charge in [0.2, 0.25) is 0 Å². The van der Waals surface area contributed by atoms with Crippen LogP contribution in [-0.4, -0.2) is 0 Å². The van der Waals surface area contributed by atoms with E-state index in [1.807, 2.05) is 0 Å². The number of hydrogen-bond donors (Lipinski definition) is 0. The highest BCUT2D eigenvalue weighted by molar-refractivity contribution is 6.45. The summed E-state index contributed by atoms with van der Waals surface area (Å²) in [6.45, 7) is 0. The summed E-state index contributed by atoms with van der Waals surface area (Å²) < 4.78 is 0. The lowest BCUT2D eigenvalue weighted by Crippen LogP contribution is -1.94. The van der Waals surface area contributed by atoms with Gasteiger partial charge in [-0.15, -0.1) is 0 Å². The maximum absolute atomic E-state index is 2.56. The fraction of sp³-hybridized carbons (Fsp3) is 0. The molecule has 0 saturated carbocycles. The van der Waals surface area contributed by atoms with E-state index in [2.05, 4.69) is 243 Å². The zero-order chi connectivity index (χ0) is 43.3. The average molecular weight is 833 g/mol. The van der Waals surface area contributed by atoms with Crippen molar-refractivity contribution >= 4 is 75.4 Å². The van der Waals surface area contributed by atoms with Crippen molar-refractivity contribution < 1.29 is 0 Å². The molecule has 0 N–H and O–H groups in total. The van der Waals surface area contributed by atoms with Crippen molar-refractivity contribution in [1.82, 2.24) is 0 Å². The van der Waals surface area contributed by atoms with Crippen LogP contribution in [0.15, 0.2) is 243 Å². The standard InChI is InChI=1S/C66H40/c1-4-20-41(21-5-1)44-26-10-13-29-47(44)50-38-39-57-60-54(50)35-19-37-56(60)65-62(51-32-16-11-27-45(51)42-22-6-2-7-23-42)59-40-58-49-31-15-14-30-48(49)53-34-18-36-55(61(53)58)63(59)64(66(57)65)52-33-17-12-28-46(52)43-24-8-3-9-25-43/h1-40H. The molecule has 14 aromatic rings. The minimum Gasteiger partial charge on any atom is -0.0622 e. The van der Waals surface area contributed by atoms with Gasteiger partial charge in [-0.2, -0.15) is 0 Å². The van der Waals surface area contributed by atoms with Crippen LogP contribution in [0.3, 0.4) is 0 Å². The van der Waals surface area contributed by atoms with E-state index in [4.69, 9.17) is 0 Å². The van der Waals surface area contributed by atoms with Crippen LogP contribution >= 0.6 is 0 Å². The zero-order valence-electron chi connectivity index (χ0n) is 36.1. The normalized spacial score (nSPS) is 11.9. The molecule has 0 aliphatic heterocycles. The van der Waals surface area contributed by atoms with Crippen LogP contribution in [0.1, 0.15) is 0 Å². The van der Waals surface area contributed by atoms with Crippen LogP contribution < -0.4 is 0 Å². The van der Waals surface area contributed by atoms with Crippen LogP contribution in [0.2, 0.25) is 0 Å². The maximum atomic E-state index is 2.56. The van der Waals surface area contributed by atoms with Crippen LogP contribution in [0.4, 0.5) is 0 Å². The third kappa shape index (κ3) is 5.27. The Morgan fingerprint density at radius 2 is 0.530 bits per heavy atom. The van der Waals surface area contributed by atoms with Crippen molar-refractivity contribution in [3.05, 3.63) is 243 Å². The Balaban J connectivity index is 1.25.